The molecule has 1 heterocycles. The third-order valence-corrected chi connectivity index (χ3v) is 9.57. The molecule has 1 aliphatic heterocycles. The molecule has 5 N–H and O–H groups in total. The highest BCUT2D eigenvalue weighted by molar-refractivity contribution is 5.82. The summed E-state index contributed by atoms with van der Waals surface area (Å²) < 4.78 is 0. The number of nitrogens with one attached hydrogen (secondary N) is 1. The molecule has 4 aromatic carbocycles. The van der Waals surface area contributed by atoms with Crippen molar-refractivity contribution in [2.45, 2.75) is 62.8 Å². The number of nitrogens with two attached hydrogens (primary N) is 1. The van der Waals surface area contributed by atoms with Gasteiger partial charge in [-0.2, -0.15) is 0 Å². The Kier molecular flexibility index (Phi) is 9.81. The molecule has 0 saturated carbocycles. The van der Waals surface area contributed by atoms with Gasteiger partial charge in [0.25, 0.3) is 0 Å². The number of amides is 2. The molecule has 1 saturated heterocycles. The first-order chi connectivity index (χ1) is 22.3. The van der Waals surface area contributed by atoms with E-state index in [2.05, 4.69) is 17.4 Å². The summed E-state index contributed by atoms with van der Waals surface area (Å²) in [6.07, 6.45) is 1.51. The van der Waals surface area contributed by atoms with Crippen molar-refractivity contribution in [1.82, 2.24) is 10.2 Å². The molecule has 238 valence electrons. The Morgan fingerprint density at radius 1 is 0.848 bits per heavy atom. The highest BCUT2D eigenvalue weighted by Crippen LogP contribution is 2.33. The van der Waals surface area contributed by atoms with E-state index in [1.54, 1.807) is 0 Å². The Balaban J connectivity index is 1.18. The zero-order chi connectivity index (χ0) is 32.0. The van der Waals surface area contributed by atoms with Gasteiger partial charge in [0, 0.05) is 36.5 Å². The number of nitrogens with zero attached hydrogens (tertiary/aromatic N) is 1. The van der Waals surface area contributed by atoms with Crippen LogP contribution in [-0.4, -0.2) is 51.7 Å². The van der Waals surface area contributed by atoms with Crippen molar-refractivity contribution in [3.8, 4) is 0 Å². The van der Waals surface area contributed by atoms with E-state index >= 15 is 0 Å². The number of carbonyl (C=O) groups excluding carboxylic acids is 2. The number of likely N-dealkylation sites (tertiary alicyclic amines) is 1. The van der Waals surface area contributed by atoms with Gasteiger partial charge in [0.2, 0.25) is 11.8 Å². The van der Waals surface area contributed by atoms with Crippen LogP contribution in [0.25, 0.3) is 0 Å². The van der Waals surface area contributed by atoms with Gasteiger partial charge in [-0.25, -0.2) is 0 Å². The topological polar surface area (TPSA) is 116 Å². The van der Waals surface area contributed by atoms with Crippen molar-refractivity contribution in [1.29, 1.82) is 0 Å². The van der Waals surface area contributed by atoms with E-state index in [4.69, 9.17) is 5.73 Å². The molecule has 1 fully saturated rings. The first-order valence-corrected chi connectivity index (χ1v) is 16.3. The van der Waals surface area contributed by atoms with Crippen LogP contribution in [-0.2, 0) is 35.3 Å². The van der Waals surface area contributed by atoms with Crippen molar-refractivity contribution in [2.24, 2.45) is 11.8 Å². The van der Waals surface area contributed by atoms with Gasteiger partial charge < -0.3 is 26.2 Å². The number of hydrogen-bond acceptors (Lipinski definition) is 5. The standard InChI is InChI=1S/C39H43N3O4/c40-32-17-15-28(16-18-32)20-31-22-33(21-27-11-5-2-6-12-27)42(39(31)46)25-34(43)23-30(19-26-9-3-1-4-10-26)38(45)41-37-35-14-8-7-13-29(35)24-36(37)44/h1-18,30-31,33-34,36-37,43-44H,19-25,40H2,(H,41,45)/t30-,31?,33+,34+,36-,37?/m1/s1. The van der Waals surface area contributed by atoms with Gasteiger partial charge in [-0.15, -0.1) is 0 Å². The van der Waals surface area contributed by atoms with Crippen LogP contribution in [0.2, 0.25) is 0 Å². The Morgan fingerprint density at radius 3 is 2.20 bits per heavy atom. The van der Waals surface area contributed by atoms with E-state index in [1.807, 2.05) is 102 Å². The molecule has 0 radical (unpaired) electrons. The summed E-state index contributed by atoms with van der Waals surface area (Å²) in [5, 5.41) is 25.5. The smallest absolute Gasteiger partial charge is 0.226 e. The first kappa shape index (κ1) is 31.5. The molecule has 0 spiro atoms. The molecule has 46 heavy (non-hydrogen) atoms. The van der Waals surface area contributed by atoms with E-state index in [0.29, 0.717) is 37.8 Å². The number of nitrogen functional groups attached to an aromatic ring is 1. The fraction of sp³-hybridized carbons (Fsp3) is 0.333. The minimum absolute atomic E-state index is 0.0338. The van der Waals surface area contributed by atoms with Crippen LogP contribution in [0.1, 0.15) is 46.7 Å². The molecule has 6 rings (SSSR count). The summed E-state index contributed by atoms with van der Waals surface area (Å²) in [5.74, 6) is -0.921. The quantitative estimate of drug-likeness (QED) is 0.173. The third kappa shape index (κ3) is 7.49. The molecule has 2 amide bonds. The summed E-state index contributed by atoms with van der Waals surface area (Å²) in [6.45, 7) is 0.155. The van der Waals surface area contributed by atoms with E-state index in [0.717, 1.165) is 27.8 Å². The number of aliphatic hydroxyl groups is 2. The maximum Gasteiger partial charge on any atom is 0.226 e. The number of hydrogen-bond donors (Lipinski definition) is 4. The van der Waals surface area contributed by atoms with Crippen LogP contribution >= 0.6 is 0 Å². The predicted octanol–water partition coefficient (Wildman–Crippen LogP) is 4.66. The number of benzene rings is 4. The Bertz CT molecular complexity index is 1610. The maximum absolute atomic E-state index is 13.9. The lowest BCUT2D eigenvalue weighted by atomic mass is 9.91. The lowest BCUT2D eigenvalue weighted by Gasteiger charge is -2.29. The minimum atomic E-state index is -0.905. The average molecular weight is 618 g/mol. The number of rotatable bonds is 12. The highest BCUT2D eigenvalue weighted by Gasteiger charge is 2.41. The van der Waals surface area contributed by atoms with Crippen LogP contribution in [0.3, 0.4) is 0 Å². The number of fused-ring (bicyclic) bond motifs is 1. The van der Waals surface area contributed by atoms with Crippen LogP contribution < -0.4 is 11.1 Å². The lowest BCUT2D eigenvalue weighted by molar-refractivity contribution is -0.133. The van der Waals surface area contributed by atoms with Gasteiger partial charge in [0.15, 0.2) is 0 Å². The summed E-state index contributed by atoms with van der Waals surface area (Å²) >= 11 is 0. The monoisotopic (exact) mass is 617 g/mol. The number of aliphatic hydroxyl groups excluding tert-OH is 2. The SMILES string of the molecule is Nc1ccc(CC2C[C@H](Cc3ccccc3)N(C[C@@H](O)C[C@@H](Cc3ccccc3)C(=O)NC3c4ccccc4C[C@H]3O)C2=O)cc1. The molecule has 7 nitrogen and oxygen atoms in total. The Labute approximate surface area is 271 Å². The van der Waals surface area contributed by atoms with Crippen molar-refractivity contribution in [3.05, 3.63) is 137 Å². The normalized spacial score (nSPS) is 22.0. The van der Waals surface area contributed by atoms with Crippen molar-refractivity contribution < 1.29 is 19.8 Å². The Morgan fingerprint density at radius 2 is 1.48 bits per heavy atom. The fourth-order valence-corrected chi connectivity index (χ4v) is 7.23. The molecule has 0 bridgehead atoms. The molecule has 2 unspecified atom stereocenters. The van der Waals surface area contributed by atoms with Gasteiger partial charge in [-0.1, -0.05) is 97.1 Å². The largest absolute Gasteiger partial charge is 0.399 e. The van der Waals surface area contributed by atoms with E-state index in [-0.39, 0.29) is 36.7 Å². The second-order valence-electron chi connectivity index (χ2n) is 12.9. The van der Waals surface area contributed by atoms with Crippen molar-refractivity contribution in [2.75, 3.05) is 12.3 Å². The summed E-state index contributed by atoms with van der Waals surface area (Å²) in [7, 11) is 0. The molecule has 4 aromatic rings. The number of carbonyl (C=O) groups is 2. The zero-order valence-electron chi connectivity index (χ0n) is 26.0. The van der Waals surface area contributed by atoms with Gasteiger partial charge in [-0.3, -0.25) is 9.59 Å². The van der Waals surface area contributed by atoms with Crippen LogP contribution in [0.5, 0.6) is 0 Å². The molecule has 2 aliphatic rings. The van der Waals surface area contributed by atoms with Gasteiger partial charge in [-0.05, 0) is 72.1 Å². The summed E-state index contributed by atoms with van der Waals surface area (Å²) in [4.78, 5) is 29.6. The molecule has 1 aliphatic carbocycles. The summed E-state index contributed by atoms with van der Waals surface area (Å²) in [5.41, 5.74) is 11.7. The number of anilines is 1. The highest BCUT2D eigenvalue weighted by atomic mass is 16.3. The fourth-order valence-electron chi connectivity index (χ4n) is 7.23. The summed E-state index contributed by atoms with van der Waals surface area (Å²) in [6, 6.07) is 34.8. The van der Waals surface area contributed by atoms with Gasteiger partial charge in [0.05, 0.1) is 18.2 Å². The molecule has 0 aromatic heterocycles. The van der Waals surface area contributed by atoms with Crippen molar-refractivity contribution in [3.63, 3.8) is 0 Å². The molecular formula is C39H43N3O4. The lowest BCUT2D eigenvalue weighted by Crippen LogP contribution is -2.43. The third-order valence-electron chi connectivity index (χ3n) is 9.57. The van der Waals surface area contributed by atoms with E-state index in [1.165, 1.54) is 0 Å². The molecular weight excluding hydrogens is 574 g/mol. The van der Waals surface area contributed by atoms with Gasteiger partial charge in [0.1, 0.15) is 0 Å². The maximum atomic E-state index is 13.9. The number of β-amino-alcohol motifs (C(OH)–C–C–N with tert-alkyl or cyclic N) is 1. The van der Waals surface area contributed by atoms with E-state index < -0.39 is 24.2 Å². The van der Waals surface area contributed by atoms with Crippen LogP contribution in [0, 0.1) is 11.8 Å². The minimum Gasteiger partial charge on any atom is -0.399 e. The second-order valence-corrected chi connectivity index (χ2v) is 12.9. The van der Waals surface area contributed by atoms with E-state index in [9.17, 15) is 19.8 Å². The van der Waals surface area contributed by atoms with Crippen LogP contribution in [0.4, 0.5) is 5.69 Å². The second kappa shape index (κ2) is 14.3. The van der Waals surface area contributed by atoms with Gasteiger partial charge >= 0.3 is 0 Å². The Hall–Kier alpha value is -4.46. The zero-order valence-corrected chi connectivity index (χ0v) is 26.0. The first-order valence-electron chi connectivity index (χ1n) is 16.3. The average Bonchev–Trinajstić information content (AvgIpc) is 3.53. The van der Waals surface area contributed by atoms with Crippen molar-refractivity contribution >= 4 is 17.5 Å². The predicted molar refractivity (Wildman–Crippen MR) is 180 cm³/mol. The van der Waals surface area contributed by atoms with Crippen LogP contribution in [0.15, 0.2) is 109 Å². The molecule has 7 heteroatoms. The molecule has 6 atom stereocenters.